The van der Waals surface area contributed by atoms with Gasteiger partial charge in [0.2, 0.25) is 0 Å². The lowest BCUT2D eigenvalue weighted by Gasteiger charge is -1.98. The number of carboxylic acid groups (broad SMARTS) is 1. The lowest BCUT2D eigenvalue weighted by Crippen LogP contribution is -2.09. The third-order valence-corrected chi connectivity index (χ3v) is 0.849. The summed E-state index contributed by atoms with van der Waals surface area (Å²) in [4.78, 5) is 9.92. The van der Waals surface area contributed by atoms with Crippen molar-refractivity contribution in [3.63, 3.8) is 0 Å². The van der Waals surface area contributed by atoms with Crippen molar-refractivity contribution in [3.05, 3.63) is 24.6 Å². The molecule has 1 unspecified atom stereocenters. The zero-order valence-corrected chi connectivity index (χ0v) is 5.05. The summed E-state index contributed by atoms with van der Waals surface area (Å²) in [5.74, 6) is -1.47. The van der Waals surface area contributed by atoms with Crippen molar-refractivity contribution in [2.24, 2.45) is 0 Å². The molecule has 56 valence electrons. The molecule has 0 heterocycles. The molecule has 0 rings (SSSR count). The Hall–Kier alpha value is -1.19. The number of halogens is 2. The third kappa shape index (κ3) is 2.39. The molecule has 0 fully saturated rings. The van der Waals surface area contributed by atoms with Gasteiger partial charge in [0, 0.05) is 0 Å². The first-order valence-corrected chi connectivity index (χ1v) is 2.42. The molecule has 0 bridgehead atoms. The summed E-state index contributed by atoms with van der Waals surface area (Å²) in [5, 5.41) is 8.08. The fraction of sp³-hybridized carbons (Fsp3) is 0.167. The van der Waals surface area contributed by atoms with Crippen LogP contribution < -0.4 is 0 Å². The first-order chi connectivity index (χ1) is 4.59. The van der Waals surface area contributed by atoms with Gasteiger partial charge >= 0.3 is 5.97 Å². The van der Waals surface area contributed by atoms with Gasteiger partial charge in [-0.05, 0) is 6.08 Å². The minimum atomic E-state index is -1.94. The largest absolute Gasteiger partial charge is 0.478 e. The quantitative estimate of drug-likeness (QED) is 0.615. The van der Waals surface area contributed by atoms with Crippen LogP contribution in [0.3, 0.4) is 0 Å². The number of hydrogen-bond donors (Lipinski definition) is 1. The van der Waals surface area contributed by atoms with Crippen molar-refractivity contribution in [3.8, 4) is 0 Å². The minimum absolute atomic E-state index is 0.0568. The fourth-order valence-electron chi connectivity index (χ4n) is 0.298. The van der Waals surface area contributed by atoms with Crippen molar-refractivity contribution in [2.45, 2.75) is 6.17 Å². The smallest absolute Gasteiger partial charge is 0.334 e. The molecule has 0 spiro atoms. The molecule has 0 radical (unpaired) electrons. The van der Waals surface area contributed by atoms with Gasteiger partial charge in [0.15, 0.2) is 6.17 Å². The van der Waals surface area contributed by atoms with Crippen LogP contribution in [0.2, 0.25) is 0 Å². The average molecular weight is 148 g/mol. The second-order valence-corrected chi connectivity index (χ2v) is 1.55. The summed E-state index contributed by atoms with van der Waals surface area (Å²) in [5.41, 5.74) is -0.672. The number of rotatable bonds is 3. The summed E-state index contributed by atoms with van der Waals surface area (Å²) >= 11 is 0. The lowest BCUT2D eigenvalue weighted by molar-refractivity contribution is -0.133. The average Bonchev–Trinajstić information content (AvgIpc) is 1.87. The first kappa shape index (κ1) is 8.81. The minimum Gasteiger partial charge on any atom is -0.478 e. The van der Waals surface area contributed by atoms with Crippen molar-refractivity contribution in [1.29, 1.82) is 0 Å². The number of alkyl halides is 1. The van der Waals surface area contributed by atoms with Gasteiger partial charge in [-0.3, -0.25) is 0 Å². The third-order valence-electron chi connectivity index (χ3n) is 0.849. The maximum atomic E-state index is 12.2. The Bertz CT molecular complexity index is 175. The number of hydrogen-bond acceptors (Lipinski definition) is 1. The number of carbonyl (C=O) groups is 1. The van der Waals surface area contributed by atoms with Crippen LogP contribution in [0.5, 0.6) is 0 Å². The highest BCUT2D eigenvalue weighted by molar-refractivity contribution is 5.87. The van der Waals surface area contributed by atoms with E-state index in [0.29, 0.717) is 6.08 Å². The predicted molar refractivity (Wildman–Crippen MR) is 31.9 cm³/mol. The van der Waals surface area contributed by atoms with Gasteiger partial charge in [-0.25, -0.2) is 13.6 Å². The summed E-state index contributed by atoms with van der Waals surface area (Å²) in [6.07, 6.45) is -1.53. The molecular weight excluding hydrogens is 142 g/mol. The normalized spacial score (nSPS) is 13.4. The summed E-state index contributed by atoms with van der Waals surface area (Å²) in [6.45, 7) is 2.88. The molecule has 4 heteroatoms. The van der Waals surface area contributed by atoms with Gasteiger partial charge in [0.1, 0.15) is 0 Å². The van der Waals surface area contributed by atoms with Crippen LogP contribution in [0.4, 0.5) is 8.78 Å². The van der Waals surface area contributed by atoms with Gasteiger partial charge in [0.05, 0.1) is 11.9 Å². The molecule has 1 atom stereocenters. The van der Waals surface area contributed by atoms with E-state index in [2.05, 4.69) is 6.58 Å². The number of allylic oxidation sites excluding steroid dienone is 1. The highest BCUT2D eigenvalue weighted by Gasteiger charge is 2.13. The molecule has 0 aromatic carbocycles. The molecule has 0 aliphatic heterocycles. The molecule has 0 saturated carbocycles. The van der Waals surface area contributed by atoms with Crippen LogP contribution in [-0.4, -0.2) is 17.2 Å². The molecule has 0 aliphatic rings. The molecule has 0 amide bonds. The molecule has 0 aliphatic carbocycles. The van der Waals surface area contributed by atoms with E-state index in [1.165, 1.54) is 0 Å². The zero-order chi connectivity index (χ0) is 8.15. The Morgan fingerprint density at radius 3 is 2.50 bits per heavy atom. The zero-order valence-electron chi connectivity index (χ0n) is 5.05. The van der Waals surface area contributed by atoms with Gasteiger partial charge in [0.25, 0.3) is 0 Å². The van der Waals surface area contributed by atoms with Crippen LogP contribution >= 0.6 is 0 Å². The Balaban J connectivity index is 4.08. The Kier molecular flexibility index (Phi) is 3.32. The summed E-state index contributed by atoms with van der Waals surface area (Å²) in [6, 6.07) is 0. The molecule has 2 nitrogen and oxygen atoms in total. The van der Waals surface area contributed by atoms with E-state index in [1.54, 1.807) is 0 Å². The van der Waals surface area contributed by atoms with E-state index in [0.717, 1.165) is 0 Å². The van der Waals surface area contributed by atoms with Crippen LogP contribution in [0, 0.1) is 0 Å². The Morgan fingerprint density at radius 2 is 2.20 bits per heavy atom. The Morgan fingerprint density at radius 1 is 1.70 bits per heavy atom. The fourth-order valence-corrected chi connectivity index (χ4v) is 0.298. The van der Waals surface area contributed by atoms with Crippen molar-refractivity contribution < 1.29 is 18.7 Å². The van der Waals surface area contributed by atoms with Crippen LogP contribution in [0.1, 0.15) is 0 Å². The van der Waals surface area contributed by atoms with Gasteiger partial charge in [-0.15, -0.1) is 0 Å². The van der Waals surface area contributed by atoms with E-state index in [-0.39, 0.29) is 6.33 Å². The standard InChI is InChI=1S/C6H6F2O2/c1-4(6(9)10)5(8)2-3-7/h2-3,5H,1H2,(H,9,10). The van der Waals surface area contributed by atoms with E-state index < -0.39 is 17.7 Å². The first-order valence-electron chi connectivity index (χ1n) is 2.42. The van der Waals surface area contributed by atoms with Crippen LogP contribution in [0.15, 0.2) is 24.6 Å². The maximum Gasteiger partial charge on any atom is 0.334 e. The number of carboxylic acids is 1. The molecule has 0 saturated heterocycles. The van der Waals surface area contributed by atoms with Crippen LogP contribution in [0.25, 0.3) is 0 Å². The predicted octanol–water partition coefficient (Wildman–Crippen LogP) is 1.45. The highest BCUT2D eigenvalue weighted by atomic mass is 19.1. The SMILES string of the molecule is C=C(C(=O)O)C(F)C=CF. The monoisotopic (exact) mass is 148 g/mol. The van der Waals surface area contributed by atoms with E-state index in [1.807, 2.05) is 0 Å². The van der Waals surface area contributed by atoms with E-state index in [9.17, 15) is 13.6 Å². The maximum absolute atomic E-state index is 12.2. The van der Waals surface area contributed by atoms with Gasteiger partial charge < -0.3 is 5.11 Å². The number of aliphatic carboxylic acids is 1. The van der Waals surface area contributed by atoms with E-state index in [4.69, 9.17) is 5.11 Å². The lowest BCUT2D eigenvalue weighted by atomic mass is 10.2. The molecular formula is C6H6F2O2. The summed E-state index contributed by atoms with van der Waals surface area (Å²) < 4.78 is 23.5. The molecule has 1 N–H and O–H groups in total. The Labute approximate surface area is 56.5 Å². The molecule has 10 heavy (non-hydrogen) atoms. The highest BCUT2D eigenvalue weighted by Crippen LogP contribution is 2.05. The van der Waals surface area contributed by atoms with Crippen LogP contribution in [-0.2, 0) is 4.79 Å². The molecule has 0 aromatic heterocycles. The van der Waals surface area contributed by atoms with Gasteiger partial charge in [-0.1, -0.05) is 6.58 Å². The van der Waals surface area contributed by atoms with Crippen molar-refractivity contribution in [2.75, 3.05) is 0 Å². The topological polar surface area (TPSA) is 37.3 Å². The van der Waals surface area contributed by atoms with Crippen molar-refractivity contribution in [1.82, 2.24) is 0 Å². The van der Waals surface area contributed by atoms with E-state index >= 15 is 0 Å². The second-order valence-electron chi connectivity index (χ2n) is 1.55. The van der Waals surface area contributed by atoms with Gasteiger partial charge in [-0.2, -0.15) is 0 Å². The molecule has 0 aromatic rings. The second kappa shape index (κ2) is 3.76. The van der Waals surface area contributed by atoms with Crippen molar-refractivity contribution >= 4 is 5.97 Å². The summed E-state index contributed by atoms with van der Waals surface area (Å²) in [7, 11) is 0.